The molecule has 4 rings (SSSR count). The fourth-order valence-corrected chi connectivity index (χ4v) is 21.2. The quantitative estimate of drug-likeness (QED) is 0.406. The van der Waals surface area contributed by atoms with E-state index in [0.29, 0.717) is 37.6 Å². The number of aromatic nitrogens is 2. The van der Waals surface area contributed by atoms with E-state index in [4.69, 9.17) is 0 Å². The molecular formula is C18H16N2Se3. The molecular weight excluding hydrogens is 481 g/mol. The van der Waals surface area contributed by atoms with Gasteiger partial charge in [-0.3, -0.25) is 0 Å². The van der Waals surface area contributed by atoms with Gasteiger partial charge in [0.05, 0.1) is 0 Å². The van der Waals surface area contributed by atoms with Crippen LogP contribution in [0.3, 0.4) is 0 Å². The molecule has 0 aliphatic rings. The summed E-state index contributed by atoms with van der Waals surface area (Å²) in [6.45, 7) is 4.44. The van der Waals surface area contributed by atoms with Crippen LogP contribution < -0.4 is 8.92 Å². The standard InChI is InChI=1S/C18H16N2Se3/c1-11-17(13-7-3-5-9-15(13)19-11)21-23-22-18-12(2)20-16-10-6-4-8-14(16)18/h3-10,19-20H,1-2H3. The van der Waals surface area contributed by atoms with Gasteiger partial charge in [0.2, 0.25) is 0 Å². The fraction of sp³-hybridized carbons (Fsp3) is 0.111. The first-order valence-electron chi connectivity index (χ1n) is 7.40. The molecule has 0 amide bonds. The molecule has 2 aromatic heterocycles. The Morgan fingerprint density at radius 3 is 1.57 bits per heavy atom. The summed E-state index contributed by atoms with van der Waals surface area (Å²) in [7, 11) is 0. The van der Waals surface area contributed by atoms with E-state index < -0.39 is 0 Å². The van der Waals surface area contributed by atoms with Crippen molar-refractivity contribution in [3.8, 4) is 0 Å². The molecule has 0 saturated carbocycles. The minimum atomic E-state index is 0.585. The SMILES string of the molecule is Cc1[nH]c2ccccc2c1[Se][Se][Se]c1c(C)[nH]c2ccccc12. The normalized spacial score (nSPS) is 11.6. The van der Waals surface area contributed by atoms with Crippen LogP contribution in [0.25, 0.3) is 21.8 Å². The summed E-state index contributed by atoms with van der Waals surface area (Å²) >= 11 is 1.86. The van der Waals surface area contributed by atoms with Crippen LogP contribution in [0, 0.1) is 13.8 Å². The predicted molar refractivity (Wildman–Crippen MR) is 103 cm³/mol. The van der Waals surface area contributed by atoms with Gasteiger partial charge in [-0.1, -0.05) is 0 Å². The number of para-hydroxylation sites is 2. The Hall–Kier alpha value is -0.922. The summed E-state index contributed by atoms with van der Waals surface area (Å²) in [6.07, 6.45) is 0. The second-order valence-corrected chi connectivity index (χ2v) is 21.0. The van der Waals surface area contributed by atoms with Gasteiger partial charge in [0.1, 0.15) is 0 Å². The molecule has 0 fully saturated rings. The molecule has 2 heterocycles. The van der Waals surface area contributed by atoms with E-state index in [2.05, 4.69) is 72.3 Å². The molecule has 0 radical (unpaired) electrons. The topological polar surface area (TPSA) is 31.6 Å². The summed E-state index contributed by atoms with van der Waals surface area (Å²) in [5, 5.41) is 2.86. The second-order valence-electron chi connectivity index (χ2n) is 5.48. The monoisotopic (exact) mass is 500 g/mol. The number of hydrogen-bond acceptors (Lipinski definition) is 0. The zero-order chi connectivity index (χ0) is 15.8. The van der Waals surface area contributed by atoms with Crippen molar-refractivity contribution in [3.63, 3.8) is 0 Å². The first kappa shape index (κ1) is 15.6. The van der Waals surface area contributed by atoms with Crippen molar-refractivity contribution >= 4 is 68.3 Å². The van der Waals surface area contributed by atoms with Crippen LogP contribution in [0.4, 0.5) is 0 Å². The number of aromatic amines is 2. The Morgan fingerprint density at radius 1 is 0.652 bits per heavy atom. The van der Waals surface area contributed by atoms with Gasteiger partial charge in [0, 0.05) is 0 Å². The summed E-state index contributed by atoms with van der Waals surface area (Å²) < 4.78 is 3.15. The third-order valence-corrected chi connectivity index (χ3v) is 19.9. The third-order valence-electron chi connectivity index (χ3n) is 3.90. The Balaban J connectivity index is 1.57. The van der Waals surface area contributed by atoms with Gasteiger partial charge < -0.3 is 0 Å². The van der Waals surface area contributed by atoms with Gasteiger partial charge in [-0.05, 0) is 0 Å². The van der Waals surface area contributed by atoms with Gasteiger partial charge in [-0.25, -0.2) is 0 Å². The van der Waals surface area contributed by atoms with E-state index >= 15 is 0 Å². The molecule has 0 bridgehead atoms. The van der Waals surface area contributed by atoms with Crippen LogP contribution in [-0.2, 0) is 0 Å². The Labute approximate surface area is 151 Å². The molecule has 116 valence electrons. The average molecular weight is 497 g/mol. The Bertz CT molecular complexity index is 904. The number of nitrogens with one attached hydrogen (secondary N) is 2. The van der Waals surface area contributed by atoms with Gasteiger partial charge >= 0.3 is 152 Å². The zero-order valence-electron chi connectivity index (χ0n) is 12.8. The van der Waals surface area contributed by atoms with Crippen LogP contribution in [0.2, 0.25) is 0 Å². The van der Waals surface area contributed by atoms with Crippen molar-refractivity contribution in [1.29, 1.82) is 0 Å². The molecule has 2 N–H and O–H groups in total. The van der Waals surface area contributed by atoms with E-state index in [0.717, 1.165) is 0 Å². The molecule has 0 unspecified atom stereocenters. The van der Waals surface area contributed by atoms with E-state index in [1.54, 1.807) is 8.92 Å². The number of H-pyrrole nitrogens is 2. The van der Waals surface area contributed by atoms with Crippen molar-refractivity contribution in [1.82, 2.24) is 9.97 Å². The maximum atomic E-state index is 3.54. The molecule has 0 spiro atoms. The molecule has 4 aromatic rings. The first-order valence-corrected chi connectivity index (χ1v) is 17.8. The van der Waals surface area contributed by atoms with Crippen LogP contribution in [0.5, 0.6) is 0 Å². The van der Waals surface area contributed by atoms with Crippen LogP contribution >= 0.6 is 0 Å². The van der Waals surface area contributed by atoms with Crippen molar-refractivity contribution < 1.29 is 0 Å². The molecule has 5 heteroatoms. The third kappa shape index (κ3) is 2.94. The molecule has 0 saturated heterocycles. The Kier molecular flexibility index (Phi) is 4.43. The number of fused-ring (bicyclic) bond motifs is 2. The number of benzene rings is 2. The maximum absolute atomic E-state index is 3.54. The summed E-state index contributed by atoms with van der Waals surface area (Å²) in [5.74, 6) is 0. The van der Waals surface area contributed by atoms with Crippen molar-refractivity contribution in [3.05, 3.63) is 59.9 Å². The molecule has 2 nitrogen and oxygen atoms in total. The predicted octanol–water partition coefficient (Wildman–Crippen LogP) is 2.16. The van der Waals surface area contributed by atoms with Crippen LogP contribution in [0.1, 0.15) is 11.4 Å². The minimum absolute atomic E-state index is 0.585. The number of rotatable bonds is 4. The van der Waals surface area contributed by atoms with E-state index in [9.17, 15) is 0 Å². The molecule has 0 aliphatic heterocycles. The van der Waals surface area contributed by atoms with Crippen molar-refractivity contribution in [2.24, 2.45) is 0 Å². The Morgan fingerprint density at radius 2 is 1.09 bits per heavy atom. The van der Waals surface area contributed by atoms with E-state index in [1.165, 1.54) is 33.2 Å². The fourth-order valence-electron chi connectivity index (χ4n) is 2.80. The molecule has 23 heavy (non-hydrogen) atoms. The summed E-state index contributed by atoms with van der Waals surface area (Å²) in [6, 6.07) is 17.4. The van der Waals surface area contributed by atoms with Crippen molar-refractivity contribution in [2.75, 3.05) is 0 Å². The number of hydrogen-bond donors (Lipinski definition) is 2. The van der Waals surface area contributed by atoms with Gasteiger partial charge in [-0.2, -0.15) is 0 Å². The van der Waals surface area contributed by atoms with E-state index in [-0.39, 0.29) is 0 Å². The van der Waals surface area contributed by atoms with Crippen LogP contribution in [0.15, 0.2) is 48.5 Å². The van der Waals surface area contributed by atoms with E-state index in [1.807, 2.05) is 0 Å². The van der Waals surface area contributed by atoms with Gasteiger partial charge in [-0.15, -0.1) is 0 Å². The zero-order valence-corrected chi connectivity index (χ0v) is 18.0. The molecule has 2 aromatic carbocycles. The first-order chi connectivity index (χ1) is 11.2. The average Bonchev–Trinajstić information content (AvgIpc) is 3.04. The second kappa shape index (κ2) is 6.53. The van der Waals surface area contributed by atoms with Crippen LogP contribution in [-0.4, -0.2) is 47.5 Å². The molecule has 0 aliphatic carbocycles. The summed E-state index contributed by atoms with van der Waals surface area (Å²) in [4.78, 5) is 7.08. The van der Waals surface area contributed by atoms with Crippen molar-refractivity contribution in [2.45, 2.75) is 13.8 Å². The molecule has 0 atom stereocenters. The number of aryl methyl sites for hydroxylation is 2. The van der Waals surface area contributed by atoms with Gasteiger partial charge in [0.25, 0.3) is 0 Å². The van der Waals surface area contributed by atoms with Gasteiger partial charge in [0.15, 0.2) is 0 Å². The summed E-state index contributed by atoms with van der Waals surface area (Å²) in [5.41, 5.74) is 5.29.